The van der Waals surface area contributed by atoms with Gasteiger partial charge in [-0.15, -0.1) is 11.8 Å². The van der Waals surface area contributed by atoms with Crippen molar-refractivity contribution in [3.63, 3.8) is 0 Å². The normalized spacial score (nSPS) is 12.6. The van der Waals surface area contributed by atoms with Crippen molar-refractivity contribution < 1.29 is 18.7 Å². The molecule has 130 valence electrons. The zero-order chi connectivity index (χ0) is 17.8. The smallest absolute Gasteiger partial charge is 0.337 e. The van der Waals surface area contributed by atoms with Gasteiger partial charge in [-0.1, -0.05) is 6.07 Å². The number of ether oxygens (including phenoxy) is 1. The van der Waals surface area contributed by atoms with Crippen molar-refractivity contribution >= 4 is 29.3 Å². The second kappa shape index (κ2) is 7.70. The molecular weight excluding hydrogens is 341 g/mol. The summed E-state index contributed by atoms with van der Waals surface area (Å²) in [6.45, 7) is 0. The van der Waals surface area contributed by atoms with E-state index in [9.17, 15) is 14.0 Å². The molecule has 0 aliphatic heterocycles. The summed E-state index contributed by atoms with van der Waals surface area (Å²) in [7, 11) is 1.23. The minimum Gasteiger partial charge on any atom is -0.465 e. The average molecular weight is 359 g/mol. The predicted octanol–water partition coefficient (Wildman–Crippen LogP) is 3.83. The highest BCUT2D eigenvalue weighted by molar-refractivity contribution is 8.00. The van der Waals surface area contributed by atoms with E-state index in [2.05, 4.69) is 22.2 Å². The van der Waals surface area contributed by atoms with Crippen molar-refractivity contribution in [2.45, 2.75) is 24.2 Å². The zero-order valence-corrected chi connectivity index (χ0v) is 14.6. The maximum Gasteiger partial charge on any atom is 0.337 e. The van der Waals surface area contributed by atoms with E-state index in [1.807, 2.05) is 6.07 Å². The highest BCUT2D eigenvalue weighted by Crippen LogP contribution is 2.27. The number of esters is 1. The number of methoxy groups -OCH3 is 1. The number of aryl methyl sites for hydroxylation is 2. The van der Waals surface area contributed by atoms with Crippen LogP contribution in [0.25, 0.3) is 0 Å². The fourth-order valence-electron chi connectivity index (χ4n) is 2.83. The number of nitrogens with one attached hydrogen (secondary N) is 1. The van der Waals surface area contributed by atoms with Gasteiger partial charge < -0.3 is 10.1 Å². The minimum atomic E-state index is -0.668. The first-order valence-electron chi connectivity index (χ1n) is 7.99. The molecule has 0 unspecified atom stereocenters. The number of halogens is 1. The molecule has 0 aromatic heterocycles. The van der Waals surface area contributed by atoms with Crippen LogP contribution < -0.4 is 5.32 Å². The molecule has 3 rings (SSSR count). The SMILES string of the molecule is COC(=O)c1ccc(NC(=O)CSc2ccc3c(c2)CCC3)c(F)c1. The number of rotatable bonds is 5. The molecule has 4 nitrogen and oxygen atoms in total. The molecule has 0 saturated heterocycles. The topological polar surface area (TPSA) is 55.4 Å². The Balaban J connectivity index is 1.58. The standard InChI is InChI=1S/C19H18FNO3S/c1-24-19(23)14-6-8-17(16(20)10-14)21-18(22)11-25-15-7-5-12-3-2-4-13(12)9-15/h5-10H,2-4,11H2,1H3,(H,21,22). The maximum atomic E-state index is 14.0. The average Bonchev–Trinajstić information content (AvgIpc) is 3.08. The van der Waals surface area contributed by atoms with Crippen LogP contribution in [0.5, 0.6) is 0 Å². The van der Waals surface area contributed by atoms with Crippen LogP contribution in [-0.4, -0.2) is 24.7 Å². The molecule has 2 aromatic carbocycles. The lowest BCUT2D eigenvalue weighted by atomic mass is 10.1. The first-order valence-corrected chi connectivity index (χ1v) is 8.97. The summed E-state index contributed by atoms with van der Waals surface area (Å²) < 4.78 is 18.5. The molecule has 0 atom stereocenters. The Kier molecular flexibility index (Phi) is 5.38. The number of thioether (sulfide) groups is 1. The lowest BCUT2D eigenvalue weighted by Crippen LogP contribution is -2.15. The predicted molar refractivity (Wildman–Crippen MR) is 95.6 cm³/mol. The van der Waals surface area contributed by atoms with Crippen LogP contribution in [0.2, 0.25) is 0 Å². The van der Waals surface area contributed by atoms with Crippen molar-refractivity contribution in [2.24, 2.45) is 0 Å². The third kappa shape index (κ3) is 4.20. The van der Waals surface area contributed by atoms with Crippen molar-refractivity contribution in [1.29, 1.82) is 0 Å². The number of hydrogen-bond donors (Lipinski definition) is 1. The number of carbonyl (C=O) groups is 2. The lowest BCUT2D eigenvalue weighted by molar-refractivity contribution is -0.113. The molecule has 0 saturated carbocycles. The van der Waals surface area contributed by atoms with E-state index in [-0.39, 0.29) is 22.9 Å². The number of fused-ring (bicyclic) bond motifs is 1. The molecular formula is C19H18FNO3S. The Morgan fingerprint density at radius 1 is 1.16 bits per heavy atom. The van der Waals surface area contributed by atoms with Gasteiger partial charge in [0.15, 0.2) is 0 Å². The van der Waals surface area contributed by atoms with Gasteiger partial charge in [-0.3, -0.25) is 4.79 Å². The molecule has 1 aliphatic rings. The third-order valence-corrected chi connectivity index (χ3v) is 5.10. The van der Waals surface area contributed by atoms with E-state index in [1.165, 1.54) is 48.6 Å². The van der Waals surface area contributed by atoms with Crippen molar-refractivity contribution in [2.75, 3.05) is 18.2 Å². The molecule has 1 aliphatic carbocycles. The van der Waals surface area contributed by atoms with E-state index in [1.54, 1.807) is 0 Å². The number of hydrogen-bond acceptors (Lipinski definition) is 4. The molecule has 6 heteroatoms. The molecule has 0 spiro atoms. The number of benzene rings is 2. The number of carbonyl (C=O) groups excluding carboxylic acids is 2. The number of amides is 1. The summed E-state index contributed by atoms with van der Waals surface area (Å²) in [6.07, 6.45) is 3.40. The van der Waals surface area contributed by atoms with Gasteiger partial charge in [-0.2, -0.15) is 0 Å². The first kappa shape index (κ1) is 17.5. The van der Waals surface area contributed by atoms with Gasteiger partial charge in [0.1, 0.15) is 5.82 Å². The summed E-state index contributed by atoms with van der Waals surface area (Å²) in [5.74, 6) is -1.39. The van der Waals surface area contributed by atoms with Crippen LogP contribution in [0.3, 0.4) is 0 Å². The van der Waals surface area contributed by atoms with E-state index in [4.69, 9.17) is 0 Å². The Hall–Kier alpha value is -2.34. The Bertz CT molecular complexity index is 822. The van der Waals surface area contributed by atoms with Gasteiger partial charge in [0, 0.05) is 4.90 Å². The fourth-order valence-corrected chi connectivity index (χ4v) is 3.59. The summed E-state index contributed by atoms with van der Waals surface area (Å²) in [6, 6.07) is 10.1. The van der Waals surface area contributed by atoms with Crippen LogP contribution in [0.4, 0.5) is 10.1 Å². The van der Waals surface area contributed by atoms with Crippen LogP contribution in [0, 0.1) is 5.82 Å². The maximum absolute atomic E-state index is 14.0. The van der Waals surface area contributed by atoms with E-state index in [0.717, 1.165) is 23.8 Å². The van der Waals surface area contributed by atoms with Gasteiger partial charge in [0.2, 0.25) is 5.91 Å². The van der Waals surface area contributed by atoms with Gasteiger partial charge in [0.25, 0.3) is 0 Å². The largest absolute Gasteiger partial charge is 0.465 e. The second-order valence-electron chi connectivity index (χ2n) is 5.81. The van der Waals surface area contributed by atoms with Crippen molar-refractivity contribution in [3.05, 3.63) is 58.9 Å². The summed E-state index contributed by atoms with van der Waals surface area (Å²) in [5, 5.41) is 2.53. The summed E-state index contributed by atoms with van der Waals surface area (Å²) in [5.41, 5.74) is 2.90. The second-order valence-corrected chi connectivity index (χ2v) is 6.86. The van der Waals surface area contributed by atoms with Gasteiger partial charge in [-0.25, -0.2) is 9.18 Å². The number of anilines is 1. The fraction of sp³-hybridized carbons (Fsp3) is 0.263. The first-order chi connectivity index (χ1) is 12.1. The zero-order valence-electron chi connectivity index (χ0n) is 13.8. The molecule has 0 fully saturated rings. The Morgan fingerprint density at radius 3 is 2.72 bits per heavy atom. The van der Waals surface area contributed by atoms with E-state index < -0.39 is 11.8 Å². The van der Waals surface area contributed by atoms with E-state index >= 15 is 0 Å². The molecule has 2 aromatic rings. The summed E-state index contributed by atoms with van der Waals surface area (Å²) >= 11 is 1.42. The molecule has 1 amide bonds. The monoisotopic (exact) mass is 359 g/mol. The van der Waals surface area contributed by atoms with E-state index in [0.29, 0.717) is 0 Å². The van der Waals surface area contributed by atoms with Crippen molar-refractivity contribution in [1.82, 2.24) is 0 Å². The Labute approximate surface area is 149 Å². The molecule has 0 radical (unpaired) electrons. The molecule has 0 heterocycles. The van der Waals surface area contributed by atoms with Crippen LogP contribution >= 0.6 is 11.8 Å². The highest BCUT2D eigenvalue weighted by atomic mass is 32.2. The molecule has 0 bridgehead atoms. The Morgan fingerprint density at radius 2 is 1.96 bits per heavy atom. The lowest BCUT2D eigenvalue weighted by Gasteiger charge is -2.08. The highest BCUT2D eigenvalue weighted by Gasteiger charge is 2.14. The van der Waals surface area contributed by atoms with Crippen molar-refractivity contribution in [3.8, 4) is 0 Å². The molecule has 1 N–H and O–H groups in total. The van der Waals surface area contributed by atoms with Gasteiger partial charge in [0.05, 0.1) is 24.1 Å². The third-order valence-electron chi connectivity index (χ3n) is 4.10. The summed E-state index contributed by atoms with van der Waals surface area (Å²) in [4.78, 5) is 24.5. The van der Waals surface area contributed by atoms with Crippen LogP contribution in [0.1, 0.15) is 27.9 Å². The van der Waals surface area contributed by atoms with Gasteiger partial charge >= 0.3 is 5.97 Å². The quantitative estimate of drug-likeness (QED) is 0.651. The van der Waals surface area contributed by atoms with Gasteiger partial charge in [-0.05, 0) is 60.7 Å². The minimum absolute atomic E-state index is 0.0483. The van der Waals surface area contributed by atoms with Crippen LogP contribution in [-0.2, 0) is 22.4 Å². The molecule has 25 heavy (non-hydrogen) atoms. The van der Waals surface area contributed by atoms with Crippen LogP contribution in [0.15, 0.2) is 41.3 Å².